The van der Waals surface area contributed by atoms with Crippen molar-refractivity contribution in [2.75, 3.05) is 0 Å². The Kier molecular flexibility index (Phi) is 2.18. The number of hydrogen-bond donors (Lipinski definition) is 1. The fourth-order valence-corrected chi connectivity index (χ4v) is 1.79. The van der Waals surface area contributed by atoms with Gasteiger partial charge in [-0.05, 0) is 17.0 Å². The van der Waals surface area contributed by atoms with Gasteiger partial charge in [-0.3, -0.25) is 10.1 Å². The highest BCUT2D eigenvalue weighted by atomic mass is 16.6. The normalized spacial score (nSPS) is 11.9. The number of nitrogens with zero attached hydrogens (tertiary/aromatic N) is 2. The Bertz CT molecular complexity index is 552. The van der Waals surface area contributed by atoms with Crippen LogP contribution in [0.25, 0.3) is 11.0 Å². The van der Waals surface area contributed by atoms with Crippen molar-refractivity contribution < 1.29 is 4.92 Å². The van der Waals surface area contributed by atoms with Crippen LogP contribution in [0.4, 0.5) is 5.69 Å². The predicted octanol–water partition coefficient (Wildman–Crippen LogP) is 2.77. The first-order valence-corrected chi connectivity index (χ1v) is 5.02. The second kappa shape index (κ2) is 3.30. The summed E-state index contributed by atoms with van der Waals surface area (Å²) >= 11 is 0. The van der Waals surface area contributed by atoms with Crippen molar-refractivity contribution in [3.05, 3.63) is 34.1 Å². The molecule has 0 aliphatic rings. The first-order chi connectivity index (χ1) is 7.41. The third-order valence-corrected chi connectivity index (χ3v) is 2.56. The number of nitrogens with one attached hydrogen (secondary N) is 1. The molecule has 0 atom stereocenters. The summed E-state index contributed by atoms with van der Waals surface area (Å²) in [5, 5.41) is 10.8. The number of benzene rings is 1. The minimum atomic E-state index is -0.407. The molecule has 5 nitrogen and oxygen atoms in total. The largest absolute Gasteiger partial charge is 0.344 e. The zero-order chi connectivity index (χ0) is 11.9. The van der Waals surface area contributed by atoms with Crippen molar-refractivity contribution in [1.29, 1.82) is 0 Å². The number of non-ortho nitro benzene ring substituents is 1. The fraction of sp³-hybridized carbons (Fsp3) is 0.364. The number of hydrogen-bond acceptors (Lipinski definition) is 3. The Morgan fingerprint density at radius 2 is 2.06 bits per heavy atom. The Morgan fingerprint density at radius 3 is 2.62 bits per heavy atom. The minimum Gasteiger partial charge on any atom is -0.344 e. The van der Waals surface area contributed by atoms with Crippen molar-refractivity contribution >= 4 is 16.7 Å². The molecule has 0 spiro atoms. The molecule has 2 rings (SSSR count). The molecule has 1 heterocycles. The number of nitro benzene ring substituents is 1. The van der Waals surface area contributed by atoms with Gasteiger partial charge in [0, 0.05) is 6.07 Å². The molecule has 5 heteroatoms. The summed E-state index contributed by atoms with van der Waals surface area (Å²) in [6.07, 6.45) is 1.49. The first-order valence-electron chi connectivity index (χ1n) is 5.02. The average molecular weight is 219 g/mol. The van der Waals surface area contributed by atoms with Crippen LogP contribution in [0.1, 0.15) is 26.3 Å². The third kappa shape index (κ3) is 1.54. The predicted molar refractivity (Wildman–Crippen MR) is 61.4 cm³/mol. The molecular weight excluding hydrogens is 206 g/mol. The van der Waals surface area contributed by atoms with Gasteiger partial charge in [0.1, 0.15) is 0 Å². The van der Waals surface area contributed by atoms with Gasteiger partial charge in [0.05, 0.1) is 16.8 Å². The van der Waals surface area contributed by atoms with Gasteiger partial charge < -0.3 is 4.98 Å². The molecule has 0 unspecified atom stereocenters. The van der Waals surface area contributed by atoms with E-state index in [1.165, 1.54) is 12.4 Å². The van der Waals surface area contributed by atoms with Crippen LogP contribution in [0.15, 0.2) is 18.5 Å². The highest BCUT2D eigenvalue weighted by molar-refractivity contribution is 5.87. The van der Waals surface area contributed by atoms with Crippen LogP contribution in [0.3, 0.4) is 0 Å². The van der Waals surface area contributed by atoms with Gasteiger partial charge in [-0.1, -0.05) is 20.8 Å². The maximum atomic E-state index is 10.8. The second-order valence-electron chi connectivity index (χ2n) is 4.77. The van der Waals surface area contributed by atoms with Gasteiger partial charge in [0.25, 0.3) is 5.69 Å². The Morgan fingerprint density at radius 1 is 1.38 bits per heavy atom. The van der Waals surface area contributed by atoms with E-state index in [2.05, 4.69) is 30.7 Å². The van der Waals surface area contributed by atoms with Crippen LogP contribution >= 0.6 is 0 Å². The number of imidazole rings is 1. The van der Waals surface area contributed by atoms with Crippen LogP contribution in [-0.4, -0.2) is 14.9 Å². The standard InChI is InChI=1S/C11H13N3O2/c1-11(2,3)7-4-5-8(14(15)16)10-9(7)12-6-13-10/h4-6H,1-3H3,(H,12,13). The molecule has 16 heavy (non-hydrogen) atoms. The maximum Gasteiger partial charge on any atom is 0.297 e. The SMILES string of the molecule is CC(C)(C)c1ccc([N+](=O)[O-])c2nc[nH]c12. The molecule has 84 valence electrons. The van der Waals surface area contributed by atoms with Crippen molar-refractivity contribution in [1.82, 2.24) is 9.97 Å². The highest BCUT2D eigenvalue weighted by Gasteiger charge is 2.22. The summed E-state index contributed by atoms with van der Waals surface area (Å²) in [7, 11) is 0. The molecule has 2 aromatic rings. The molecule has 0 bridgehead atoms. The Hall–Kier alpha value is -1.91. The fourth-order valence-electron chi connectivity index (χ4n) is 1.79. The number of H-pyrrole nitrogens is 1. The summed E-state index contributed by atoms with van der Waals surface area (Å²) < 4.78 is 0. The Labute approximate surface area is 92.7 Å². The van der Waals surface area contributed by atoms with E-state index in [0.717, 1.165) is 11.1 Å². The molecule has 0 saturated heterocycles. The van der Waals surface area contributed by atoms with E-state index >= 15 is 0 Å². The summed E-state index contributed by atoms with van der Waals surface area (Å²) in [5.41, 5.74) is 2.19. The lowest BCUT2D eigenvalue weighted by Crippen LogP contribution is -2.12. The molecule has 0 fully saturated rings. The summed E-state index contributed by atoms with van der Waals surface area (Å²) in [5.74, 6) is 0. The number of aromatic amines is 1. The zero-order valence-corrected chi connectivity index (χ0v) is 9.44. The summed E-state index contributed by atoms with van der Waals surface area (Å²) in [6.45, 7) is 6.19. The van der Waals surface area contributed by atoms with E-state index in [1.807, 2.05) is 0 Å². The second-order valence-corrected chi connectivity index (χ2v) is 4.77. The van der Waals surface area contributed by atoms with E-state index in [0.29, 0.717) is 5.52 Å². The van der Waals surface area contributed by atoms with Crippen molar-refractivity contribution in [3.63, 3.8) is 0 Å². The molecule has 0 saturated carbocycles. The van der Waals surface area contributed by atoms with Gasteiger partial charge >= 0.3 is 0 Å². The van der Waals surface area contributed by atoms with Gasteiger partial charge in [-0.2, -0.15) is 0 Å². The van der Waals surface area contributed by atoms with Crippen molar-refractivity contribution in [2.45, 2.75) is 26.2 Å². The quantitative estimate of drug-likeness (QED) is 0.592. The van der Waals surface area contributed by atoms with E-state index in [1.54, 1.807) is 6.07 Å². The lowest BCUT2D eigenvalue weighted by molar-refractivity contribution is -0.383. The van der Waals surface area contributed by atoms with Crippen LogP contribution in [0.5, 0.6) is 0 Å². The molecule has 0 radical (unpaired) electrons. The molecule has 0 amide bonds. The molecule has 1 aromatic carbocycles. The Balaban J connectivity index is 2.79. The minimum absolute atomic E-state index is 0.0456. The number of nitro groups is 1. The highest BCUT2D eigenvalue weighted by Crippen LogP contribution is 2.32. The topological polar surface area (TPSA) is 71.8 Å². The number of aromatic nitrogens is 2. The molecule has 1 aromatic heterocycles. The molecule has 0 aliphatic heterocycles. The van der Waals surface area contributed by atoms with E-state index in [9.17, 15) is 10.1 Å². The van der Waals surface area contributed by atoms with Gasteiger partial charge in [-0.25, -0.2) is 4.98 Å². The van der Waals surface area contributed by atoms with E-state index < -0.39 is 4.92 Å². The molecule has 1 N–H and O–H groups in total. The number of fused-ring (bicyclic) bond motifs is 1. The summed E-state index contributed by atoms with van der Waals surface area (Å²) in [4.78, 5) is 17.4. The van der Waals surface area contributed by atoms with E-state index in [4.69, 9.17) is 0 Å². The monoisotopic (exact) mass is 219 g/mol. The van der Waals surface area contributed by atoms with Crippen LogP contribution in [-0.2, 0) is 5.41 Å². The molecule has 0 aliphatic carbocycles. The van der Waals surface area contributed by atoms with Crippen LogP contribution in [0, 0.1) is 10.1 Å². The van der Waals surface area contributed by atoms with Gasteiger partial charge in [0.15, 0.2) is 5.52 Å². The molecular formula is C11H13N3O2. The maximum absolute atomic E-state index is 10.8. The average Bonchev–Trinajstić information content (AvgIpc) is 2.61. The van der Waals surface area contributed by atoms with Gasteiger partial charge in [-0.15, -0.1) is 0 Å². The van der Waals surface area contributed by atoms with E-state index in [-0.39, 0.29) is 11.1 Å². The van der Waals surface area contributed by atoms with Crippen molar-refractivity contribution in [3.8, 4) is 0 Å². The van der Waals surface area contributed by atoms with Crippen LogP contribution < -0.4 is 0 Å². The summed E-state index contributed by atoms with van der Waals surface area (Å²) in [6, 6.07) is 3.31. The lowest BCUT2D eigenvalue weighted by Gasteiger charge is -2.19. The first kappa shape index (κ1) is 10.6. The lowest BCUT2D eigenvalue weighted by atomic mass is 9.86. The smallest absolute Gasteiger partial charge is 0.297 e. The third-order valence-electron chi connectivity index (χ3n) is 2.56. The number of rotatable bonds is 1. The van der Waals surface area contributed by atoms with Crippen molar-refractivity contribution in [2.24, 2.45) is 0 Å². The van der Waals surface area contributed by atoms with Crippen LogP contribution in [0.2, 0.25) is 0 Å². The van der Waals surface area contributed by atoms with Gasteiger partial charge in [0.2, 0.25) is 0 Å². The zero-order valence-electron chi connectivity index (χ0n) is 9.44.